The zero-order valence-electron chi connectivity index (χ0n) is 15.6. The third kappa shape index (κ3) is 4.34. The van der Waals surface area contributed by atoms with Gasteiger partial charge in [-0.25, -0.2) is 4.79 Å². The maximum atomic E-state index is 13.1. The number of ketones is 1. The second kappa shape index (κ2) is 8.70. The number of furan rings is 1. The van der Waals surface area contributed by atoms with E-state index in [9.17, 15) is 19.2 Å². The number of ether oxygens (including phenoxy) is 1. The van der Waals surface area contributed by atoms with Gasteiger partial charge in [-0.05, 0) is 19.4 Å². The van der Waals surface area contributed by atoms with Crippen LogP contribution >= 0.6 is 11.8 Å². The molecule has 7 nitrogen and oxygen atoms in total. The summed E-state index contributed by atoms with van der Waals surface area (Å²) in [6.45, 7) is 3.48. The molecule has 0 radical (unpaired) electrons. The number of carbonyl (C=O) groups excluding carboxylic acids is 4. The summed E-state index contributed by atoms with van der Waals surface area (Å²) in [6.07, 6.45) is 2.89. The Bertz CT molecular complexity index is 914. The quantitative estimate of drug-likeness (QED) is 0.446. The largest absolute Gasteiger partial charge is 0.460 e. The van der Waals surface area contributed by atoms with Gasteiger partial charge in [-0.2, -0.15) is 0 Å². The first kappa shape index (κ1) is 20.3. The van der Waals surface area contributed by atoms with E-state index < -0.39 is 34.9 Å². The van der Waals surface area contributed by atoms with E-state index in [4.69, 9.17) is 9.15 Å². The molecule has 0 spiro atoms. The summed E-state index contributed by atoms with van der Waals surface area (Å²) in [5.74, 6) is -2.90. The molecule has 1 aliphatic heterocycles. The molecule has 2 heterocycles. The molecular formula is C20H21NO6S. The number of hydrogen-bond donors (Lipinski definition) is 1. The van der Waals surface area contributed by atoms with Crippen LogP contribution in [0, 0.1) is 5.92 Å². The molecule has 8 heteroatoms. The zero-order valence-corrected chi connectivity index (χ0v) is 16.4. The predicted octanol–water partition coefficient (Wildman–Crippen LogP) is 2.72. The second-order valence-electron chi connectivity index (χ2n) is 6.72. The van der Waals surface area contributed by atoms with Crippen molar-refractivity contribution < 1.29 is 28.3 Å². The minimum absolute atomic E-state index is 0.0813. The summed E-state index contributed by atoms with van der Waals surface area (Å²) in [7, 11) is 0. The molecule has 1 fully saturated rings. The number of nitrogens with one attached hydrogen (secondary N) is 1. The predicted molar refractivity (Wildman–Crippen MR) is 104 cm³/mol. The zero-order chi connectivity index (χ0) is 20.3. The normalized spacial score (nSPS) is 18.6. The number of Topliss-reactive ketones (excluding diaryl/α,β-unsaturated/α-hetero) is 1. The standard InChI is InChI=1S/C20H21NO6S/c1-11(19(24)27-20(25)15-8-5-9-21-15)18(28-12(2)22)16(23)17-14-7-4-3-6-13(14)10-26-17/h3-4,6-7,10-11,15,18,21H,5,8-9H2,1-2H3/t11?,15-,18?/m0/s1. The van der Waals surface area contributed by atoms with Crippen LogP contribution in [0.25, 0.3) is 10.8 Å². The van der Waals surface area contributed by atoms with Gasteiger partial charge in [-0.15, -0.1) is 0 Å². The van der Waals surface area contributed by atoms with Gasteiger partial charge in [0.1, 0.15) is 6.04 Å². The maximum Gasteiger partial charge on any atom is 0.330 e. The molecule has 1 N–H and O–H groups in total. The molecule has 0 bridgehead atoms. The molecule has 3 atom stereocenters. The number of benzene rings is 1. The van der Waals surface area contributed by atoms with E-state index in [0.717, 1.165) is 23.6 Å². The maximum absolute atomic E-state index is 13.1. The lowest BCUT2D eigenvalue weighted by Crippen LogP contribution is -2.38. The number of thioether (sulfide) groups is 1. The number of esters is 2. The van der Waals surface area contributed by atoms with Crippen LogP contribution in [0.15, 0.2) is 34.9 Å². The molecular weight excluding hydrogens is 382 g/mol. The van der Waals surface area contributed by atoms with Crippen LogP contribution < -0.4 is 5.32 Å². The average Bonchev–Trinajstić information content (AvgIpc) is 3.34. The van der Waals surface area contributed by atoms with E-state index in [2.05, 4.69) is 5.32 Å². The van der Waals surface area contributed by atoms with E-state index in [-0.39, 0.29) is 10.9 Å². The molecule has 0 aliphatic carbocycles. The van der Waals surface area contributed by atoms with Crippen molar-refractivity contribution in [3.8, 4) is 0 Å². The Morgan fingerprint density at radius 3 is 2.68 bits per heavy atom. The first-order valence-electron chi connectivity index (χ1n) is 9.05. The monoisotopic (exact) mass is 403 g/mol. The summed E-state index contributed by atoms with van der Waals surface area (Å²) in [4.78, 5) is 49.4. The van der Waals surface area contributed by atoms with Crippen LogP contribution in [0.5, 0.6) is 0 Å². The fourth-order valence-electron chi connectivity index (χ4n) is 3.15. The van der Waals surface area contributed by atoms with Crippen LogP contribution in [0.1, 0.15) is 37.2 Å². The van der Waals surface area contributed by atoms with Crippen molar-refractivity contribution in [1.29, 1.82) is 0 Å². The van der Waals surface area contributed by atoms with Crippen molar-refractivity contribution in [3.63, 3.8) is 0 Å². The number of hydrogen-bond acceptors (Lipinski definition) is 8. The SMILES string of the molecule is CC(=O)SC(C(=O)c1occ2ccccc12)C(C)C(=O)OC(=O)[C@@H]1CCCN1. The van der Waals surface area contributed by atoms with Gasteiger partial charge in [0.15, 0.2) is 10.9 Å². The second-order valence-corrected chi connectivity index (χ2v) is 8.04. The molecule has 3 rings (SSSR count). The van der Waals surface area contributed by atoms with Gasteiger partial charge < -0.3 is 14.5 Å². The number of fused-ring (bicyclic) bond motifs is 1. The molecule has 28 heavy (non-hydrogen) atoms. The Hall–Kier alpha value is -2.45. The van der Waals surface area contributed by atoms with E-state index >= 15 is 0 Å². The van der Waals surface area contributed by atoms with Crippen molar-refractivity contribution in [3.05, 3.63) is 36.3 Å². The van der Waals surface area contributed by atoms with Crippen LogP contribution in [0.3, 0.4) is 0 Å². The van der Waals surface area contributed by atoms with Gasteiger partial charge in [-0.1, -0.05) is 43.0 Å². The minimum atomic E-state index is -1.05. The summed E-state index contributed by atoms with van der Waals surface area (Å²) < 4.78 is 10.4. The summed E-state index contributed by atoms with van der Waals surface area (Å²) >= 11 is 0.734. The fraction of sp³-hybridized carbons (Fsp3) is 0.400. The van der Waals surface area contributed by atoms with Crippen LogP contribution in [-0.4, -0.2) is 40.7 Å². The molecule has 2 unspecified atom stereocenters. The highest BCUT2D eigenvalue weighted by molar-refractivity contribution is 8.14. The highest BCUT2D eigenvalue weighted by Crippen LogP contribution is 2.30. The van der Waals surface area contributed by atoms with Gasteiger partial charge in [0.05, 0.1) is 17.4 Å². The summed E-state index contributed by atoms with van der Waals surface area (Å²) in [5, 5.41) is 2.94. The lowest BCUT2D eigenvalue weighted by Gasteiger charge is -2.19. The van der Waals surface area contributed by atoms with Gasteiger partial charge >= 0.3 is 11.9 Å². The van der Waals surface area contributed by atoms with Crippen LogP contribution in [0.2, 0.25) is 0 Å². The first-order chi connectivity index (χ1) is 13.4. The fourth-order valence-corrected chi connectivity index (χ4v) is 4.03. The van der Waals surface area contributed by atoms with Crippen molar-refractivity contribution >= 4 is 45.4 Å². The van der Waals surface area contributed by atoms with Crippen molar-refractivity contribution in [2.75, 3.05) is 6.54 Å². The Labute approximate surface area is 166 Å². The van der Waals surface area contributed by atoms with Gasteiger partial charge in [0.25, 0.3) is 0 Å². The van der Waals surface area contributed by atoms with E-state index in [1.54, 1.807) is 18.2 Å². The molecule has 1 aromatic heterocycles. The highest BCUT2D eigenvalue weighted by Gasteiger charge is 2.37. The van der Waals surface area contributed by atoms with E-state index in [1.165, 1.54) is 20.1 Å². The summed E-state index contributed by atoms with van der Waals surface area (Å²) in [5.41, 5.74) is 0. The van der Waals surface area contributed by atoms with E-state index in [0.29, 0.717) is 18.4 Å². The Balaban J connectivity index is 1.80. The van der Waals surface area contributed by atoms with Gasteiger partial charge in [-0.3, -0.25) is 14.4 Å². The van der Waals surface area contributed by atoms with Crippen LogP contribution in [-0.2, 0) is 19.1 Å². The third-order valence-corrected chi connectivity index (χ3v) is 5.86. The Kier molecular flexibility index (Phi) is 6.31. The summed E-state index contributed by atoms with van der Waals surface area (Å²) in [6, 6.07) is 6.61. The lowest BCUT2D eigenvalue weighted by molar-refractivity contribution is -0.163. The third-order valence-electron chi connectivity index (χ3n) is 4.66. The lowest BCUT2D eigenvalue weighted by atomic mass is 10.0. The molecule has 1 aromatic carbocycles. The minimum Gasteiger partial charge on any atom is -0.460 e. The van der Waals surface area contributed by atoms with Crippen molar-refractivity contribution in [1.82, 2.24) is 5.32 Å². The van der Waals surface area contributed by atoms with Crippen LogP contribution in [0.4, 0.5) is 0 Å². The van der Waals surface area contributed by atoms with Gasteiger partial charge in [0, 0.05) is 17.7 Å². The van der Waals surface area contributed by atoms with Gasteiger partial charge in [0.2, 0.25) is 5.78 Å². The first-order valence-corrected chi connectivity index (χ1v) is 9.93. The van der Waals surface area contributed by atoms with Crippen molar-refractivity contribution in [2.24, 2.45) is 5.92 Å². The number of rotatable bonds is 6. The van der Waals surface area contributed by atoms with E-state index in [1.807, 2.05) is 6.07 Å². The smallest absolute Gasteiger partial charge is 0.330 e. The van der Waals surface area contributed by atoms with Crippen molar-refractivity contribution in [2.45, 2.75) is 38.0 Å². The molecule has 2 aromatic rings. The molecule has 148 valence electrons. The molecule has 1 aliphatic rings. The topological polar surface area (TPSA) is 103 Å². The number of carbonyl (C=O) groups is 4. The molecule has 0 amide bonds. The Morgan fingerprint density at radius 2 is 2.00 bits per heavy atom. The highest BCUT2D eigenvalue weighted by atomic mass is 32.2. The Morgan fingerprint density at radius 1 is 1.25 bits per heavy atom. The molecule has 1 saturated heterocycles. The average molecular weight is 403 g/mol. The molecule has 0 saturated carbocycles.